The smallest absolute Gasteiger partial charge is 0.126 e. The molecule has 0 amide bonds. The molecule has 3 heteroatoms. The van der Waals surface area contributed by atoms with Crippen molar-refractivity contribution in [2.45, 2.75) is 29.8 Å². The first-order valence-electron chi connectivity index (χ1n) is 7.44. The van der Waals surface area contributed by atoms with E-state index in [2.05, 4.69) is 30.3 Å². The lowest BCUT2D eigenvalue weighted by atomic mass is 9.94. The topological polar surface area (TPSA) is 26.3 Å². The second-order valence-corrected chi connectivity index (χ2v) is 7.75. The van der Waals surface area contributed by atoms with Crippen LogP contribution in [0.3, 0.4) is 0 Å². The van der Waals surface area contributed by atoms with Crippen LogP contribution in [0, 0.1) is 0 Å². The molecule has 4 rings (SSSR count). The van der Waals surface area contributed by atoms with Gasteiger partial charge in [-0.1, -0.05) is 36.4 Å². The van der Waals surface area contributed by atoms with Crippen LogP contribution >= 0.6 is 0 Å². The predicted octanol–water partition coefficient (Wildman–Crippen LogP) is 3.92. The molecule has 1 fully saturated rings. The van der Waals surface area contributed by atoms with Crippen LogP contribution in [0.15, 0.2) is 42.5 Å². The molecule has 2 nitrogen and oxygen atoms in total. The van der Waals surface area contributed by atoms with Crippen LogP contribution in [0.5, 0.6) is 5.75 Å². The number of methoxy groups -OCH3 is 1. The first-order valence-corrected chi connectivity index (χ1v) is 8.71. The summed E-state index contributed by atoms with van der Waals surface area (Å²) in [6.07, 6.45) is 5.38. The van der Waals surface area contributed by atoms with Gasteiger partial charge in [0.1, 0.15) is 5.75 Å². The maximum Gasteiger partial charge on any atom is 0.126 e. The molecule has 0 aromatic heterocycles. The molecular weight excluding hydrogens is 280 g/mol. The third kappa shape index (κ3) is 2.03. The van der Waals surface area contributed by atoms with Crippen LogP contribution in [0.25, 0.3) is 16.3 Å². The Kier molecular flexibility index (Phi) is 3.11. The molecule has 0 radical (unpaired) electrons. The van der Waals surface area contributed by atoms with Gasteiger partial charge in [-0.05, 0) is 41.9 Å². The normalized spacial score (nSPS) is 27.7. The Morgan fingerprint density at radius 1 is 1.10 bits per heavy atom. The van der Waals surface area contributed by atoms with Crippen LogP contribution in [0.1, 0.15) is 24.8 Å². The molecule has 3 atom stereocenters. The summed E-state index contributed by atoms with van der Waals surface area (Å²) in [6, 6.07) is 12.6. The fraction of sp³-hybridized carbons (Fsp3) is 0.333. The van der Waals surface area contributed by atoms with E-state index in [-0.39, 0.29) is 5.25 Å². The fourth-order valence-electron chi connectivity index (χ4n) is 3.63. The second-order valence-electron chi connectivity index (χ2n) is 5.82. The van der Waals surface area contributed by atoms with Crippen molar-refractivity contribution < 1.29 is 8.95 Å². The van der Waals surface area contributed by atoms with E-state index < -0.39 is 10.8 Å². The lowest BCUT2D eigenvalue weighted by Crippen LogP contribution is -2.19. The molecule has 2 heterocycles. The summed E-state index contributed by atoms with van der Waals surface area (Å²) in [5.41, 5.74) is 2.64. The third-order valence-electron chi connectivity index (χ3n) is 4.68. The quantitative estimate of drug-likeness (QED) is 0.840. The molecule has 3 unspecified atom stereocenters. The minimum Gasteiger partial charge on any atom is -0.496 e. The van der Waals surface area contributed by atoms with Crippen LogP contribution < -0.4 is 4.74 Å². The van der Waals surface area contributed by atoms with Crippen molar-refractivity contribution in [3.05, 3.63) is 48.0 Å². The van der Waals surface area contributed by atoms with Crippen LogP contribution in [0.4, 0.5) is 0 Å². The van der Waals surface area contributed by atoms with Gasteiger partial charge in [-0.3, -0.25) is 4.21 Å². The highest BCUT2D eigenvalue weighted by Crippen LogP contribution is 2.41. The highest BCUT2D eigenvalue weighted by Gasteiger charge is 2.36. The molecule has 0 spiro atoms. The highest BCUT2D eigenvalue weighted by molar-refractivity contribution is 7.86. The fourth-order valence-corrected chi connectivity index (χ4v) is 5.50. The van der Waals surface area contributed by atoms with Crippen molar-refractivity contribution in [3.8, 4) is 5.75 Å². The zero-order chi connectivity index (χ0) is 14.4. The molecule has 2 aromatic carbocycles. The Hall–Kier alpha value is -1.61. The Labute approximate surface area is 127 Å². The number of allylic oxidation sites excluding steroid dienone is 1. The Morgan fingerprint density at radius 3 is 2.67 bits per heavy atom. The standard InChI is InChI=1S/C18H18O2S/c1-20-18-9-8-15(16-4-2-3-5-17(16)18)12-10-13-6-7-14(11-12)21(13)19/h2-5,8-10,13-14H,6-7,11H2,1H3. The lowest BCUT2D eigenvalue weighted by molar-refractivity contribution is 0.420. The van der Waals surface area contributed by atoms with Crippen molar-refractivity contribution in [1.82, 2.24) is 0 Å². The zero-order valence-corrected chi connectivity index (χ0v) is 12.9. The van der Waals surface area contributed by atoms with Gasteiger partial charge in [0.15, 0.2) is 0 Å². The monoisotopic (exact) mass is 298 g/mol. The molecule has 2 aliphatic rings. The van der Waals surface area contributed by atoms with Crippen molar-refractivity contribution in [1.29, 1.82) is 0 Å². The maximum atomic E-state index is 12.2. The molecule has 0 saturated carbocycles. The van der Waals surface area contributed by atoms with Gasteiger partial charge in [-0.25, -0.2) is 0 Å². The van der Waals surface area contributed by atoms with E-state index in [0.717, 1.165) is 30.4 Å². The summed E-state index contributed by atoms with van der Waals surface area (Å²) in [5.74, 6) is 0.914. The minimum absolute atomic E-state index is 0.264. The predicted molar refractivity (Wildman–Crippen MR) is 88.0 cm³/mol. The van der Waals surface area contributed by atoms with Gasteiger partial charge in [-0.2, -0.15) is 0 Å². The van der Waals surface area contributed by atoms with Gasteiger partial charge < -0.3 is 4.74 Å². The molecule has 2 aromatic rings. The molecular formula is C18H18O2S. The van der Waals surface area contributed by atoms with Crippen LogP contribution in [-0.4, -0.2) is 21.8 Å². The van der Waals surface area contributed by atoms with Gasteiger partial charge in [0.2, 0.25) is 0 Å². The average molecular weight is 298 g/mol. The van der Waals surface area contributed by atoms with Crippen molar-refractivity contribution in [2.75, 3.05) is 7.11 Å². The summed E-state index contributed by atoms with van der Waals surface area (Å²) < 4.78 is 17.6. The van der Waals surface area contributed by atoms with Gasteiger partial charge in [0, 0.05) is 21.4 Å². The summed E-state index contributed by atoms with van der Waals surface area (Å²) in [6.45, 7) is 0. The molecule has 108 valence electrons. The molecule has 21 heavy (non-hydrogen) atoms. The first kappa shape index (κ1) is 13.1. The van der Waals surface area contributed by atoms with Gasteiger partial charge >= 0.3 is 0 Å². The molecule has 2 bridgehead atoms. The third-order valence-corrected chi connectivity index (χ3v) is 6.71. The van der Waals surface area contributed by atoms with E-state index in [1.165, 1.54) is 16.5 Å². The van der Waals surface area contributed by atoms with E-state index in [9.17, 15) is 4.21 Å². The Morgan fingerprint density at radius 2 is 1.90 bits per heavy atom. The SMILES string of the molecule is COc1ccc(C2=CC3CCC(C2)S3=O)c2ccccc12. The van der Waals surface area contributed by atoms with Crippen molar-refractivity contribution in [3.63, 3.8) is 0 Å². The first-order chi connectivity index (χ1) is 10.3. The minimum atomic E-state index is -0.654. The molecule has 1 saturated heterocycles. The summed E-state index contributed by atoms with van der Waals surface area (Å²) in [7, 11) is 1.06. The van der Waals surface area contributed by atoms with Gasteiger partial charge in [0.05, 0.1) is 12.4 Å². The van der Waals surface area contributed by atoms with Crippen LogP contribution in [0.2, 0.25) is 0 Å². The van der Waals surface area contributed by atoms with Crippen LogP contribution in [-0.2, 0) is 10.8 Å². The maximum absolute atomic E-state index is 12.2. The van der Waals surface area contributed by atoms with E-state index in [0.29, 0.717) is 5.25 Å². The Balaban J connectivity index is 1.89. The average Bonchev–Trinajstić information content (AvgIpc) is 2.75. The summed E-state index contributed by atoms with van der Waals surface area (Å²) >= 11 is 0. The zero-order valence-electron chi connectivity index (χ0n) is 12.0. The van der Waals surface area contributed by atoms with Crippen molar-refractivity contribution in [2.24, 2.45) is 0 Å². The summed E-state index contributed by atoms with van der Waals surface area (Å²) in [4.78, 5) is 0. The molecule has 0 aliphatic carbocycles. The highest BCUT2D eigenvalue weighted by atomic mass is 32.2. The molecule has 2 aliphatic heterocycles. The molecule has 0 N–H and O–H groups in total. The summed E-state index contributed by atoms with van der Waals surface area (Å²) in [5, 5.41) is 3.00. The number of rotatable bonds is 2. The van der Waals surface area contributed by atoms with E-state index in [1.54, 1.807) is 7.11 Å². The van der Waals surface area contributed by atoms with Gasteiger partial charge in [-0.15, -0.1) is 0 Å². The number of ether oxygens (including phenoxy) is 1. The number of hydrogen-bond donors (Lipinski definition) is 0. The lowest BCUT2D eigenvalue weighted by Gasteiger charge is -2.21. The largest absolute Gasteiger partial charge is 0.496 e. The van der Waals surface area contributed by atoms with E-state index in [4.69, 9.17) is 4.74 Å². The second kappa shape index (κ2) is 4.99. The number of hydrogen-bond acceptors (Lipinski definition) is 2. The van der Waals surface area contributed by atoms with E-state index >= 15 is 0 Å². The Bertz CT molecular complexity index is 763. The van der Waals surface area contributed by atoms with Crippen molar-refractivity contribution >= 4 is 27.1 Å². The van der Waals surface area contributed by atoms with E-state index in [1.807, 2.05) is 12.1 Å². The number of fused-ring (bicyclic) bond motifs is 3. The number of benzene rings is 2. The van der Waals surface area contributed by atoms with Gasteiger partial charge in [0.25, 0.3) is 0 Å².